The molecule has 1 nitrogen and oxygen atoms in total. The number of aryl methyl sites for hydroxylation is 1. The number of hydrogen-bond acceptors (Lipinski definition) is 1. The lowest BCUT2D eigenvalue weighted by Crippen LogP contribution is -2.26. The maximum Gasteiger partial charge on any atom is 0.252 e. The van der Waals surface area contributed by atoms with Gasteiger partial charge in [-0.15, -0.1) is 6.42 Å². The first kappa shape index (κ1) is 9.14. The molecule has 3 heteroatoms. The third-order valence-electron chi connectivity index (χ3n) is 2.39. The Kier molecular flexibility index (Phi) is 1.99. The number of terminal acetylenes is 1. The van der Waals surface area contributed by atoms with E-state index in [-0.39, 0.29) is 12.8 Å². The molecular formula is C11H9F2N. The summed E-state index contributed by atoms with van der Waals surface area (Å²) >= 11 is 0. The first-order chi connectivity index (χ1) is 6.61. The zero-order valence-corrected chi connectivity index (χ0v) is 7.56. The number of alkyl halides is 2. The van der Waals surface area contributed by atoms with Crippen LogP contribution in [0.1, 0.15) is 23.4 Å². The monoisotopic (exact) mass is 193 g/mol. The Morgan fingerprint density at radius 1 is 1.43 bits per heavy atom. The van der Waals surface area contributed by atoms with Gasteiger partial charge < -0.3 is 0 Å². The van der Waals surface area contributed by atoms with Crippen molar-refractivity contribution in [3.63, 3.8) is 0 Å². The predicted octanol–water partition coefficient (Wildman–Crippen LogP) is 2.19. The molecule has 1 aliphatic rings. The summed E-state index contributed by atoms with van der Waals surface area (Å²) in [5.74, 6) is -0.178. The van der Waals surface area contributed by atoms with Gasteiger partial charge in [0.15, 0.2) is 0 Å². The molecule has 1 aliphatic carbocycles. The summed E-state index contributed by atoms with van der Waals surface area (Å²) in [6.45, 7) is 0. The number of pyridine rings is 1. The molecule has 0 spiro atoms. The summed E-state index contributed by atoms with van der Waals surface area (Å²) in [7, 11) is 0. The number of hydrogen-bond donors (Lipinski definition) is 0. The van der Waals surface area contributed by atoms with E-state index >= 15 is 0 Å². The minimum Gasteiger partial charge on any atom is -0.244 e. The van der Waals surface area contributed by atoms with E-state index in [9.17, 15) is 8.78 Å². The number of halogens is 2. The summed E-state index contributed by atoms with van der Waals surface area (Å²) in [5, 5.41) is 0. The largest absolute Gasteiger partial charge is 0.252 e. The van der Waals surface area contributed by atoms with Gasteiger partial charge in [0.2, 0.25) is 0 Å². The van der Waals surface area contributed by atoms with Crippen molar-refractivity contribution in [2.24, 2.45) is 0 Å². The summed E-state index contributed by atoms with van der Waals surface area (Å²) in [5.41, 5.74) is 1.88. The Bertz CT molecular complexity index is 404. The van der Waals surface area contributed by atoms with Crippen LogP contribution in [0, 0.1) is 12.3 Å². The Labute approximate surface area is 81.2 Å². The van der Waals surface area contributed by atoms with E-state index in [0.29, 0.717) is 17.7 Å². The van der Waals surface area contributed by atoms with Crippen molar-refractivity contribution < 1.29 is 8.78 Å². The van der Waals surface area contributed by atoms with Crippen LogP contribution >= 0.6 is 0 Å². The van der Waals surface area contributed by atoms with Crippen molar-refractivity contribution in [2.75, 3.05) is 0 Å². The molecule has 0 unspecified atom stereocenters. The molecule has 1 aromatic heterocycles. The molecule has 0 aliphatic heterocycles. The van der Waals surface area contributed by atoms with E-state index in [2.05, 4.69) is 10.9 Å². The third kappa shape index (κ3) is 1.60. The van der Waals surface area contributed by atoms with Crippen LogP contribution in [-0.4, -0.2) is 10.9 Å². The van der Waals surface area contributed by atoms with Gasteiger partial charge in [0, 0.05) is 18.5 Å². The smallest absolute Gasteiger partial charge is 0.244 e. The fraction of sp³-hybridized carbons (Fsp3) is 0.364. The van der Waals surface area contributed by atoms with Crippen molar-refractivity contribution in [2.45, 2.75) is 25.2 Å². The maximum absolute atomic E-state index is 13.0. The lowest BCUT2D eigenvalue weighted by molar-refractivity contribution is -0.0128. The van der Waals surface area contributed by atoms with Gasteiger partial charge in [-0.3, -0.25) is 0 Å². The average molecular weight is 193 g/mol. The normalized spacial score (nSPS) is 18.4. The Balaban J connectivity index is 2.38. The molecule has 0 fully saturated rings. The molecule has 0 N–H and O–H groups in total. The molecule has 1 heterocycles. The van der Waals surface area contributed by atoms with Gasteiger partial charge in [-0.25, -0.2) is 13.8 Å². The number of nitrogens with zero attached hydrogens (tertiary/aromatic N) is 1. The average Bonchev–Trinajstić information content (AvgIpc) is 2.16. The number of rotatable bonds is 0. The van der Waals surface area contributed by atoms with Crippen molar-refractivity contribution in [3.05, 3.63) is 29.1 Å². The predicted molar refractivity (Wildman–Crippen MR) is 49.1 cm³/mol. The molecule has 72 valence electrons. The van der Waals surface area contributed by atoms with Crippen LogP contribution in [0.25, 0.3) is 0 Å². The second-order valence-corrected chi connectivity index (χ2v) is 3.48. The third-order valence-corrected chi connectivity index (χ3v) is 2.39. The minimum absolute atomic E-state index is 0.124. The molecule has 0 amide bonds. The molecule has 0 atom stereocenters. The van der Waals surface area contributed by atoms with E-state index in [1.165, 1.54) is 0 Å². The summed E-state index contributed by atoms with van der Waals surface area (Å²) in [6.07, 6.45) is 5.16. The maximum atomic E-state index is 13.0. The van der Waals surface area contributed by atoms with Gasteiger partial charge in [-0.05, 0) is 18.1 Å². The van der Waals surface area contributed by atoms with Gasteiger partial charge in [-0.1, -0.05) is 12.0 Å². The van der Waals surface area contributed by atoms with Crippen molar-refractivity contribution in [1.82, 2.24) is 4.98 Å². The first-order valence-electron chi connectivity index (χ1n) is 4.44. The molecule has 14 heavy (non-hydrogen) atoms. The van der Waals surface area contributed by atoms with Crippen LogP contribution in [-0.2, 0) is 12.8 Å². The van der Waals surface area contributed by atoms with Gasteiger partial charge in [-0.2, -0.15) is 0 Å². The lowest BCUT2D eigenvalue weighted by Gasteiger charge is -2.23. The van der Waals surface area contributed by atoms with Gasteiger partial charge in [0.05, 0.1) is 0 Å². The molecule has 0 saturated heterocycles. The summed E-state index contributed by atoms with van der Waals surface area (Å²) in [4.78, 5) is 4.13. The SMILES string of the molecule is C#Cc1ccc2c(n1)CCC(F)(F)C2. The van der Waals surface area contributed by atoms with E-state index in [4.69, 9.17) is 6.42 Å². The second-order valence-electron chi connectivity index (χ2n) is 3.48. The molecule has 0 bridgehead atoms. The highest BCUT2D eigenvalue weighted by atomic mass is 19.3. The van der Waals surface area contributed by atoms with E-state index in [0.717, 1.165) is 5.69 Å². The lowest BCUT2D eigenvalue weighted by atomic mass is 9.93. The van der Waals surface area contributed by atoms with Crippen LogP contribution in [0.2, 0.25) is 0 Å². The van der Waals surface area contributed by atoms with E-state index in [1.54, 1.807) is 12.1 Å². The quantitative estimate of drug-likeness (QED) is 0.575. The number of fused-ring (bicyclic) bond motifs is 1. The van der Waals surface area contributed by atoms with E-state index < -0.39 is 5.92 Å². The van der Waals surface area contributed by atoms with Crippen LogP contribution in [0.5, 0.6) is 0 Å². The van der Waals surface area contributed by atoms with Crippen LogP contribution in [0.15, 0.2) is 12.1 Å². The van der Waals surface area contributed by atoms with Crippen LogP contribution < -0.4 is 0 Å². The van der Waals surface area contributed by atoms with Crippen molar-refractivity contribution >= 4 is 0 Å². The first-order valence-corrected chi connectivity index (χ1v) is 4.44. The number of aromatic nitrogens is 1. The highest BCUT2D eigenvalue weighted by Crippen LogP contribution is 2.31. The second kappa shape index (κ2) is 3.06. The van der Waals surface area contributed by atoms with Gasteiger partial charge in [0.25, 0.3) is 5.92 Å². The minimum atomic E-state index is -2.58. The Morgan fingerprint density at radius 2 is 2.21 bits per heavy atom. The molecule has 2 rings (SSSR count). The Morgan fingerprint density at radius 3 is 2.93 bits per heavy atom. The van der Waals surface area contributed by atoms with Gasteiger partial charge >= 0.3 is 0 Å². The molecule has 0 radical (unpaired) electrons. The zero-order valence-electron chi connectivity index (χ0n) is 7.56. The molecule has 0 saturated carbocycles. The molecular weight excluding hydrogens is 184 g/mol. The summed E-state index contributed by atoms with van der Waals surface area (Å²) < 4.78 is 26.0. The van der Waals surface area contributed by atoms with Crippen LogP contribution in [0.3, 0.4) is 0 Å². The standard InChI is InChI=1S/C11H9F2N/c1-2-9-4-3-8-7-11(12,13)6-5-10(8)14-9/h1,3-4H,5-7H2. The zero-order chi connectivity index (χ0) is 10.2. The fourth-order valence-corrected chi connectivity index (χ4v) is 1.66. The van der Waals surface area contributed by atoms with Crippen LogP contribution in [0.4, 0.5) is 8.78 Å². The topological polar surface area (TPSA) is 12.9 Å². The molecule has 1 aromatic rings. The van der Waals surface area contributed by atoms with Gasteiger partial charge in [0.1, 0.15) is 5.69 Å². The molecule has 0 aromatic carbocycles. The van der Waals surface area contributed by atoms with E-state index in [1.807, 2.05) is 0 Å². The highest BCUT2D eigenvalue weighted by Gasteiger charge is 2.34. The summed E-state index contributed by atoms with van der Waals surface area (Å²) in [6, 6.07) is 3.27. The van der Waals surface area contributed by atoms with Crippen molar-refractivity contribution in [3.8, 4) is 12.3 Å². The Hall–Kier alpha value is -1.43. The highest BCUT2D eigenvalue weighted by molar-refractivity contribution is 5.33. The van der Waals surface area contributed by atoms with Crippen molar-refractivity contribution in [1.29, 1.82) is 0 Å². The fourth-order valence-electron chi connectivity index (χ4n) is 1.66.